The zero-order valence-corrected chi connectivity index (χ0v) is 9.63. The number of aliphatic hydroxyl groups is 1. The van der Waals surface area contributed by atoms with Crippen molar-refractivity contribution in [2.24, 2.45) is 0 Å². The van der Waals surface area contributed by atoms with Gasteiger partial charge in [0.1, 0.15) is 0 Å². The van der Waals surface area contributed by atoms with Crippen LogP contribution in [0.5, 0.6) is 0 Å². The van der Waals surface area contributed by atoms with Crippen molar-refractivity contribution in [1.29, 1.82) is 0 Å². The maximum absolute atomic E-state index is 9.17. The zero-order valence-electron chi connectivity index (χ0n) is 9.63. The third-order valence-electron chi connectivity index (χ3n) is 2.45. The second kappa shape index (κ2) is 4.97. The largest absolute Gasteiger partial charge is 0.398 e. The molecular formula is C12H15N3O2. The van der Waals surface area contributed by atoms with E-state index in [9.17, 15) is 5.11 Å². The Morgan fingerprint density at radius 1 is 1.41 bits per heavy atom. The van der Waals surface area contributed by atoms with E-state index in [0.717, 1.165) is 5.56 Å². The van der Waals surface area contributed by atoms with Gasteiger partial charge in [0.15, 0.2) is 0 Å². The first-order chi connectivity index (χ1) is 8.16. The summed E-state index contributed by atoms with van der Waals surface area (Å²) in [5, 5.41) is 13.0. The van der Waals surface area contributed by atoms with Crippen LogP contribution in [-0.4, -0.2) is 21.4 Å². The van der Waals surface area contributed by atoms with E-state index in [1.807, 2.05) is 18.2 Å². The molecular weight excluding hydrogens is 218 g/mol. The summed E-state index contributed by atoms with van der Waals surface area (Å²) in [7, 11) is 0. The summed E-state index contributed by atoms with van der Waals surface area (Å²) in [4.78, 5) is 4.24. The molecule has 1 heterocycles. The highest BCUT2D eigenvalue weighted by Crippen LogP contribution is 2.22. The quantitative estimate of drug-likeness (QED) is 0.784. The lowest BCUT2D eigenvalue weighted by atomic mass is 10.2. The summed E-state index contributed by atoms with van der Waals surface area (Å²) in [6, 6.07) is 7.37. The number of aromatic nitrogens is 2. The fourth-order valence-corrected chi connectivity index (χ4v) is 1.50. The number of nitrogens with zero attached hydrogens (tertiary/aromatic N) is 2. The molecule has 0 saturated heterocycles. The minimum Gasteiger partial charge on any atom is -0.398 e. The molecule has 2 rings (SSSR count). The van der Waals surface area contributed by atoms with Crippen LogP contribution in [0.3, 0.4) is 0 Å². The van der Waals surface area contributed by atoms with E-state index < -0.39 is 0 Å². The SMILES string of the molecule is CC(O)CCc1nc(-c2ccccc2N)no1. The Labute approximate surface area is 99.3 Å². The fourth-order valence-electron chi connectivity index (χ4n) is 1.50. The van der Waals surface area contributed by atoms with Gasteiger partial charge in [-0.05, 0) is 25.5 Å². The van der Waals surface area contributed by atoms with E-state index in [1.165, 1.54) is 0 Å². The van der Waals surface area contributed by atoms with Gasteiger partial charge in [0.25, 0.3) is 0 Å². The van der Waals surface area contributed by atoms with E-state index in [2.05, 4.69) is 10.1 Å². The van der Waals surface area contributed by atoms with E-state index >= 15 is 0 Å². The Kier molecular flexibility index (Phi) is 3.39. The number of nitrogens with two attached hydrogens (primary N) is 1. The van der Waals surface area contributed by atoms with Crippen LogP contribution >= 0.6 is 0 Å². The van der Waals surface area contributed by atoms with Crippen LogP contribution in [0.25, 0.3) is 11.4 Å². The summed E-state index contributed by atoms with van der Waals surface area (Å²) >= 11 is 0. The van der Waals surface area contributed by atoms with Gasteiger partial charge >= 0.3 is 0 Å². The first kappa shape index (κ1) is 11.6. The van der Waals surface area contributed by atoms with Gasteiger partial charge in [-0.3, -0.25) is 0 Å². The number of hydrogen-bond donors (Lipinski definition) is 2. The molecule has 1 aromatic heterocycles. The summed E-state index contributed by atoms with van der Waals surface area (Å²) in [5.41, 5.74) is 7.21. The summed E-state index contributed by atoms with van der Waals surface area (Å²) < 4.78 is 5.10. The summed E-state index contributed by atoms with van der Waals surface area (Å²) in [6.45, 7) is 1.73. The molecule has 0 amide bonds. The molecule has 0 aliphatic rings. The Balaban J connectivity index is 2.16. The molecule has 2 aromatic rings. The minimum absolute atomic E-state index is 0.368. The number of aryl methyl sites for hydroxylation is 1. The van der Waals surface area contributed by atoms with E-state index in [0.29, 0.717) is 30.2 Å². The van der Waals surface area contributed by atoms with Gasteiger partial charge in [-0.25, -0.2) is 0 Å². The molecule has 0 saturated carbocycles. The molecule has 5 heteroatoms. The monoisotopic (exact) mass is 233 g/mol. The number of para-hydroxylation sites is 1. The van der Waals surface area contributed by atoms with Gasteiger partial charge < -0.3 is 15.4 Å². The van der Waals surface area contributed by atoms with E-state index in [1.54, 1.807) is 13.0 Å². The predicted molar refractivity (Wildman–Crippen MR) is 64.1 cm³/mol. The third-order valence-corrected chi connectivity index (χ3v) is 2.45. The van der Waals surface area contributed by atoms with Crippen molar-refractivity contribution in [3.63, 3.8) is 0 Å². The molecule has 1 unspecified atom stereocenters. The minimum atomic E-state index is -0.368. The van der Waals surface area contributed by atoms with Gasteiger partial charge in [0, 0.05) is 17.7 Å². The Morgan fingerprint density at radius 3 is 2.88 bits per heavy atom. The average Bonchev–Trinajstić information content (AvgIpc) is 2.75. The number of hydrogen-bond acceptors (Lipinski definition) is 5. The lowest BCUT2D eigenvalue weighted by molar-refractivity contribution is 0.180. The molecule has 0 fully saturated rings. The van der Waals surface area contributed by atoms with E-state index in [4.69, 9.17) is 10.3 Å². The molecule has 17 heavy (non-hydrogen) atoms. The molecule has 0 spiro atoms. The maximum atomic E-state index is 9.17. The second-order valence-electron chi connectivity index (χ2n) is 3.99. The lowest BCUT2D eigenvalue weighted by Gasteiger charge is -1.99. The van der Waals surface area contributed by atoms with Crippen LogP contribution in [0.15, 0.2) is 28.8 Å². The van der Waals surface area contributed by atoms with Gasteiger partial charge in [0.05, 0.1) is 6.10 Å². The Morgan fingerprint density at radius 2 is 2.18 bits per heavy atom. The summed E-state index contributed by atoms with van der Waals surface area (Å²) in [6.07, 6.45) is 0.802. The van der Waals surface area contributed by atoms with Crippen molar-refractivity contribution in [3.8, 4) is 11.4 Å². The van der Waals surface area contributed by atoms with Gasteiger partial charge in [0.2, 0.25) is 11.7 Å². The average molecular weight is 233 g/mol. The molecule has 0 aliphatic heterocycles. The predicted octanol–water partition coefficient (Wildman–Crippen LogP) is 1.63. The van der Waals surface area contributed by atoms with Crippen LogP contribution < -0.4 is 5.73 Å². The molecule has 0 radical (unpaired) electrons. The highest BCUT2D eigenvalue weighted by atomic mass is 16.5. The normalized spacial score (nSPS) is 12.6. The number of benzene rings is 1. The lowest BCUT2D eigenvalue weighted by Crippen LogP contribution is -2.01. The van der Waals surface area contributed by atoms with Crippen molar-refractivity contribution in [2.75, 3.05) is 5.73 Å². The topological polar surface area (TPSA) is 85.2 Å². The van der Waals surface area contributed by atoms with E-state index in [-0.39, 0.29) is 6.10 Å². The first-order valence-electron chi connectivity index (χ1n) is 5.52. The molecule has 0 bridgehead atoms. The van der Waals surface area contributed by atoms with Crippen molar-refractivity contribution >= 4 is 5.69 Å². The van der Waals surface area contributed by atoms with Gasteiger partial charge in [-0.1, -0.05) is 17.3 Å². The number of anilines is 1. The Bertz CT molecular complexity index is 494. The Hall–Kier alpha value is -1.88. The third kappa shape index (κ3) is 2.82. The molecule has 3 N–H and O–H groups in total. The number of aliphatic hydroxyl groups excluding tert-OH is 1. The first-order valence-corrected chi connectivity index (χ1v) is 5.52. The molecule has 90 valence electrons. The van der Waals surface area contributed by atoms with Crippen LogP contribution in [0.2, 0.25) is 0 Å². The number of nitrogen functional groups attached to an aromatic ring is 1. The second-order valence-corrected chi connectivity index (χ2v) is 3.99. The molecule has 1 aromatic carbocycles. The van der Waals surface area contributed by atoms with Crippen molar-refractivity contribution in [2.45, 2.75) is 25.9 Å². The summed E-state index contributed by atoms with van der Waals surface area (Å²) in [5.74, 6) is 1.01. The van der Waals surface area contributed by atoms with Crippen molar-refractivity contribution in [1.82, 2.24) is 10.1 Å². The van der Waals surface area contributed by atoms with Gasteiger partial charge in [-0.2, -0.15) is 4.98 Å². The smallest absolute Gasteiger partial charge is 0.227 e. The molecule has 1 atom stereocenters. The highest BCUT2D eigenvalue weighted by molar-refractivity contribution is 5.70. The maximum Gasteiger partial charge on any atom is 0.227 e. The number of rotatable bonds is 4. The van der Waals surface area contributed by atoms with Crippen molar-refractivity contribution < 1.29 is 9.63 Å². The fraction of sp³-hybridized carbons (Fsp3) is 0.333. The van der Waals surface area contributed by atoms with Crippen LogP contribution in [-0.2, 0) is 6.42 Å². The zero-order chi connectivity index (χ0) is 12.3. The standard InChI is InChI=1S/C12H15N3O2/c1-8(16)6-7-11-14-12(15-17-11)9-4-2-3-5-10(9)13/h2-5,8,16H,6-7,13H2,1H3. The van der Waals surface area contributed by atoms with Crippen LogP contribution in [0.1, 0.15) is 19.2 Å². The highest BCUT2D eigenvalue weighted by Gasteiger charge is 2.11. The van der Waals surface area contributed by atoms with Crippen LogP contribution in [0, 0.1) is 0 Å². The molecule has 0 aliphatic carbocycles. The molecule has 5 nitrogen and oxygen atoms in total. The van der Waals surface area contributed by atoms with Crippen LogP contribution in [0.4, 0.5) is 5.69 Å². The van der Waals surface area contributed by atoms with Gasteiger partial charge in [-0.15, -0.1) is 0 Å². The van der Waals surface area contributed by atoms with Crippen molar-refractivity contribution in [3.05, 3.63) is 30.2 Å².